The Labute approximate surface area is 139 Å². The third-order valence-corrected chi connectivity index (χ3v) is 3.36. The number of aryl methyl sites for hydroxylation is 1. The van der Waals surface area contributed by atoms with E-state index in [1.165, 1.54) is 0 Å². The quantitative estimate of drug-likeness (QED) is 0.780. The molecule has 0 unspecified atom stereocenters. The molecule has 0 fully saturated rings. The molecular weight excluding hydrogens is 306 g/mol. The van der Waals surface area contributed by atoms with Crippen LogP contribution in [0, 0.1) is 12.8 Å². The topological polar surface area (TPSA) is 81.4 Å². The number of carbonyl (C=O) groups is 1. The van der Waals surface area contributed by atoms with Gasteiger partial charge in [0, 0.05) is 18.5 Å². The Bertz CT molecular complexity index is 855. The number of aromatic nitrogens is 4. The molecule has 24 heavy (non-hydrogen) atoms. The van der Waals surface area contributed by atoms with Gasteiger partial charge in [0.25, 0.3) is 5.91 Å². The van der Waals surface area contributed by atoms with Crippen molar-refractivity contribution in [2.45, 2.75) is 20.8 Å². The molecule has 0 saturated carbocycles. The summed E-state index contributed by atoms with van der Waals surface area (Å²) in [6.45, 7) is 6.53. The Hall–Kier alpha value is -2.96. The number of ether oxygens (including phenoxy) is 1. The largest absolute Gasteiger partial charge is 0.477 e. The highest BCUT2D eigenvalue weighted by molar-refractivity contribution is 6.09. The van der Waals surface area contributed by atoms with E-state index in [1.807, 2.05) is 0 Å². The Balaban J connectivity index is 1.75. The molecule has 0 atom stereocenters. The summed E-state index contributed by atoms with van der Waals surface area (Å²) in [4.78, 5) is 21.0. The Kier molecular flexibility index (Phi) is 4.41. The van der Waals surface area contributed by atoms with E-state index in [0.717, 1.165) is 0 Å². The summed E-state index contributed by atoms with van der Waals surface area (Å²) >= 11 is 0. The van der Waals surface area contributed by atoms with Crippen molar-refractivity contribution in [1.82, 2.24) is 19.6 Å². The van der Waals surface area contributed by atoms with Gasteiger partial charge in [-0.15, -0.1) is 0 Å². The van der Waals surface area contributed by atoms with Gasteiger partial charge in [0.1, 0.15) is 5.56 Å². The van der Waals surface area contributed by atoms with E-state index < -0.39 is 0 Å². The molecule has 1 amide bonds. The van der Waals surface area contributed by atoms with Gasteiger partial charge in [-0.05, 0) is 25.0 Å². The molecule has 0 aliphatic heterocycles. The minimum absolute atomic E-state index is 0.265. The van der Waals surface area contributed by atoms with Gasteiger partial charge in [0.15, 0.2) is 5.65 Å². The van der Waals surface area contributed by atoms with Gasteiger partial charge >= 0.3 is 0 Å². The fourth-order valence-corrected chi connectivity index (χ4v) is 2.25. The van der Waals surface area contributed by atoms with Gasteiger partial charge in [0.05, 0.1) is 24.2 Å². The molecule has 124 valence electrons. The number of carbonyl (C=O) groups excluding carboxylic acids is 1. The Morgan fingerprint density at radius 2 is 2.17 bits per heavy atom. The summed E-state index contributed by atoms with van der Waals surface area (Å²) < 4.78 is 7.12. The maximum atomic E-state index is 12.5. The lowest BCUT2D eigenvalue weighted by atomic mass is 10.2. The van der Waals surface area contributed by atoms with E-state index in [4.69, 9.17) is 4.74 Å². The van der Waals surface area contributed by atoms with Crippen LogP contribution in [-0.4, -0.2) is 32.1 Å². The first-order chi connectivity index (χ1) is 11.5. The van der Waals surface area contributed by atoms with Crippen molar-refractivity contribution < 1.29 is 9.53 Å². The molecule has 3 heterocycles. The van der Waals surface area contributed by atoms with Gasteiger partial charge < -0.3 is 10.1 Å². The highest BCUT2D eigenvalue weighted by Gasteiger charge is 2.18. The van der Waals surface area contributed by atoms with Crippen LogP contribution in [0.25, 0.3) is 5.65 Å². The number of amides is 1. The molecule has 0 aliphatic rings. The van der Waals surface area contributed by atoms with Gasteiger partial charge in [0.2, 0.25) is 5.88 Å². The number of hydrogen-bond acceptors (Lipinski definition) is 5. The van der Waals surface area contributed by atoms with E-state index in [9.17, 15) is 4.79 Å². The fourth-order valence-electron chi connectivity index (χ4n) is 2.25. The first kappa shape index (κ1) is 15.9. The molecule has 0 aliphatic carbocycles. The monoisotopic (exact) mass is 325 g/mol. The fraction of sp³-hybridized carbons (Fsp3) is 0.294. The van der Waals surface area contributed by atoms with Crippen LogP contribution in [-0.2, 0) is 0 Å². The maximum absolute atomic E-state index is 12.5. The number of hydrogen-bond donors (Lipinski definition) is 1. The van der Waals surface area contributed by atoms with Gasteiger partial charge in [-0.2, -0.15) is 5.10 Å². The smallest absolute Gasteiger partial charge is 0.261 e. The van der Waals surface area contributed by atoms with Crippen LogP contribution in [0.3, 0.4) is 0 Å². The van der Waals surface area contributed by atoms with Gasteiger partial charge in [-0.1, -0.05) is 13.8 Å². The van der Waals surface area contributed by atoms with Crippen LogP contribution in [0.2, 0.25) is 0 Å². The zero-order valence-electron chi connectivity index (χ0n) is 13.9. The molecule has 1 N–H and O–H groups in total. The maximum Gasteiger partial charge on any atom is 0.261 e. The molecule has 0 saturated heterocycles. The molecule has 3 aromatic heterocycles. The number of anilines is 1. The molecule has 0 bridgehead atoms. The van der Waals surface area contributed by atoms with Crippen LogP contribution < -0.4 is 10.1 Å². The predicted molar refractivity (Wildman–Crippen MR) is 90.2 cm³/mol. The molecule has 0 spiro atoms. The standard InChI is InChI=1S/C17H19N5O2/c1-11(2)10-24-14-6-5-13(9-19-14)20-17(23)15-12(3)21-22-8-4-7-18-16(15)22/h4-9,11H,10H2,1-3H3,(H,20,23). The highest BCUT2D eigenvalue weighted by Crippen LogP contribution is 2.17. The van der Waals surface area contributed by atoms with Crippen molar-refractivity contribution in [2.75, 3.05) is 11.9 Å². The molecule has 7 heteroatoms. The van der Waals surface area contributed by atoms with Crippen LogP contribution in [0.5, 0.6) is 5.88 Å². The van der Waals surface area contributed by atoms with E-state index in [0.29, 0.717) is 41.0 Å². The van der Waals surface area contributed by atoms with Crippen molar-refractivity contribution in [2.24, 2.45) is 5.92 Å². The summed E-state index contributed by atoms with van der Waals surface area (Å²) in [5.74, 6) is 0.701. The van der Waals surface area contributed by atoms with Crippen molar-refractivity contribution in [1.29, 1.82) is 0 Å². The van der Waals surface area contributed by atoms with E-state index in [2.05, 4.69) is 34.2 Å². The minimum Gasteiger partial charge on any atom is -0.477 e. The van der Waals surface area contributed by atoms with Crippen LogP contribution in [0.15, 0.2) is 36.8 Å². The summed E-state index contributed by atoms with van der Waals surface area (Å²) in [6.07, 6.45) is 4.96. The lowest BCUT2D eigenvalue weighted by Crippen LogP contribution is -2.13. The molecule has 7 nitrogen and oxygen atoms in total. The normalized spacial score (nSPS) is 11.0. The second-order valence-electron chi connectivity index (χ2n) is 5.89. The lowest BCUT2D eigenvalue weighted by molar-refractivity contribution is 0.102. The molecule has 3 aromatic rings. The van der Waals surface area contributed by atoms with Crippen LogP contribution >= 0.6 is 0 Å². The second-order valence-corrected chi connectivity index (χ2v) is 5.89. The summed E-state index contributed by atoms with van der Waals surface area (Å²) in [5, 5.41) is 7.11. The van der Waals surface area contributed by atoms with Crippen molar-refractivity contribution in [3.63, 3.8) is 0 Å². The summed E-state index contributed by atoms with van der Waals surface area (Å²) in [5.41, 5.74) is 2.19. The minimum atomic E-state index is -0.265. The SMILES string of the molecule is Cc1nn2cccnc2c1C(=O)Nc1ccc(OCC(C)C)nc1. The molecule has 0 aromatic carbocycles. The summed E-state index contributed by atoms with van der Waals surface area (Å²) in [7, 11) is 0. The lowest BCUT2D eigenvalue weighted by Gasteiger charge is -2.08. The predicted octanol–water partition coefficient (Wildman–Crippen LogP) is 2.72. The average molecular weight is 325 g/mol. The zero-order valence-corrected chi connectivity index (χ0v) is 13.9. The summed E-state index contributed by atoms with van der Waals surface area (Å²) in [6, 6.07) is 5.26. The number of pyridine rings is 1. The zero-order chi connectivity index (χ0) is 17.1. The number of rotatable bonds is 5. The van der Waals surface area contributed by atoms with E-state index in [-0.39, 0.29) is 5.91 Å². The highest BCUT2D eigenvalue weighted by atomic mass is 16.5. The Morgan fingerprint density at radius 3 is 2.88 bits per heavy atom. The number of nitrogens with zero attached hydrogens (tertiary/aromatic N) is 4. The first-order valence-corrected chi connectivity index (χ1v) is 7.74. The van der Waals surface area contributed by atoms with Crippen LogP contribution in [0.4, 0.5) is 5.69 Å². The van der Waals surface area contributed by atoms with E-state index >= 15 is 0 Å². The van der Waals surface area contributed by atoms with Gasteiger partial charge in [-0.3, -0.25) is 4.79 Å². The second kappa shape index (κ2) is 6.66. The van der Waals surface area contributed by atoms with Gasteiger partial charge in [-0.25, -0.2) is 14.5 Å². The number of nitrogens with one attached hydrogen (secondary N) is 1. The third-order valence-electron chi connectivity index (χ3n) is 3.36. The Morgan fingerprint density at radius 1 is 1.33 bits per heavy atom. The van der Waals surface area contributed by atoms with Crippen molar-refractivity contribution in [3.05, 3.63) is 48.0 Å². The number of fused-ring (bicyclic) bond motifs is 1. The molecule has 3 rings (SSSR count). The van der Waals surface area contributed by atoms with Crippen molar-refractivity contribution in [3.8, 4) is 5.88 Å². The third kappa shape index (κ3) is 3.34. The average Bonchev–Trinajstić information content (AvgIpc) is 2.90. The molecule has 0 radical (unpaired) electrons. The van der Waals surface area contributed by atoms with Crippen LogP contribution in [0.1, 0.15) is 29.9 Å². The van der Waals surface area contributed by atoms with E-state index in [1.54, 1.807) is 48.2 Å². The molecular formula is C17H19N5O2. The van der Waals surface area contributed by atoms with Crippen molar-refractivity contribution >= 4 is 17.2 Å². The first-order valence-electron chi connectivity index (χ1n) is 7.74.